The van der Waals surface area contributed by atoms with Crippen molar-refractivity contribution in [2.24, 2.45) is 11.1 Å². The van der Waals surface area contributed by atoms with E-state index in [1.807, 2.05) is 41.5 Å². The summed E-state index contributed by atoms with van der Waals surface area (Å²) >= 11 is 0. The van der Waals surface area contributed by atoms with Gasteiger partial charge in [-0.05, 0) is 26.2 Å². The number of rotatable bonds is 4. The minimum Gasteiger partial charge on any atom is -0.368 e. The molecule has 98 valence electrons. The topological polar surface area (TPSA) is 74.2 Å². The zero-order valence-corrected chi connectivity index (χ0v) is 11.6. The van der Waals surface area contributed by atoms with E-state index in [4.69, 9.17) is 15.0 Å². The van der Waals surface area contributed by atoms with Crippen LogP contribution in [0.4, 0.5) is 0 Å². The van der Waals surface area contributed by atoms with E-state index in [-0.39, 0.29) is 11.5 Å². The van der Waals surface area contributed by atoms with Crippen LogP contribution in [0.1, 0.15) is 59.3 Å². The van der Waals surface area contributed by atoms with Gasteiger partial charge in [0.05, 0.1) is 6.04 Å². The Kier molecular flexibility index (Phi) is 3.94. The molecule has 5 heteroatoms. The molecular formula is C12H23N3O2. The predicted molar refractivity (Wildman–Crippen MR) is 65.3 cm³/mol. The van der Waals surface area contributed by atoms with Gasteiger partial charge < -0.3 is 15.0 Å². The van der Waals surface area contributed by atoms with Crippen molar-refractivity contribution in [3.8, 4) is 0 Å². The predicted octanol–water partition coefficient (Wildman–Crippen LogP) is 2.39. The molecule has 0 amide bonds. The summed E-state index contributed by atoms with van der Waals surface area (Å²) in [7, 11) is 0. The van der Waals surface area contributed by atoms with Gasteiger partial charge in [0.25, 0.3) is 0 Å². The summed E-state index contributed by atoms with van der Waals surface area (Å²) in [5.41, 5.74) is 5.41. The third-order valence-electron chi connectivity index (χ3n) is 2.68. The Hall–Kier alpha value is -0.940. The molecule has 0 radical (unpaired) electrons. The second-order valence-corrected chi connectivity index (χ2v) is 5.74. The Morgan fingerprint density at radius 1 is 1.29 bits per heavy atom. The van der Waals surface area contributed by atoms with Crippen LogP contribution in [0.25, 0.3) is 0 Å². The van der Waals surface area contributed by atoms with Gasteiger partial charge in [-0.1, -0.05) is 25.9 Å². The van der Waals surface area contributed by atoms with E-state index in [1.54, 1.807) is 0 Å². The van der Waals surface area contributed by atoms with E-state index >= 15 is 0 Å². The molecule has 0 aliphatic rings. The largest absolute Gasteiger partial charge is 0.368 e. The standard InChI is InChI=1S/C12H23N3O2/c1-7-16-12(5,6)10-14-9(17-15-10)8(13)11(2,3)4/h8H,7,13H2,1-6H3. The Balaban J connectivity index is 2.92. The van der Waals surface area contributed by atoms with Crippen LogP contribution >= 0.6 is 0 Å². The molecule has 1 atom stereocenters. The Morgan fingerprint density at radius 2 is 1.88 bits per heavy atom. The normalized spacial score (nSPS) is 15.0. The van der Waals surface area contributed by atoms with Crippen molar-refractivity contribution in [3.05, 3.63) is 11.7 Å². The number of aromatic nitrogens is 2. The third kappa shape index (κ3) is 3.26. The smallest absolute Gasteiger partial charge is 0.244 e. The van der Waals surface area contributed by atoms with Gasteiger partial charge in [0.2, 0.25) is 11.7 Å². The Labute approximate surface area is 103 Å². The number of hydrogen-bond donors (Lipinski definition) is 1. The molecule has 1 unspecified atom stereocenters. The minimum atomic E-state index is -0.548. The van der Waals surface area contributed by atoms with E-state index in [9.17, 15) is 0 Å². The summed E-state index contributed by atoms with van der Waals surface area (Å²) in [4.78, 5) is 4.34. The van der Waals surface area contributed by atoms with Gasteiger partial charge >= 0.3 is 0 Å². The molecule has 5 nitrogen and oxygen atoms in total. The van der Waals surface area contributed by atoms with Crippen LogP contribution in [-0.4, -0.2) is 16.7 Å². The van der Waals surface area contributed by atoms with Crippen molar-refractivity contribution in [3.63, 3.8) is 0 Å². The lowest BCUT2D eigenvalue weighted by molar-refractivity contribution is -0.0221. The molecule has 0 saturated heterocycles. The molecule has 0 saturated carbocycles. The van der Waals surface area contributed by atoms with E-state index in [0.29, 0.717) is 18.3 Å². The van der Waals surface area contributed by atoms with Crippen LogP contribution in [0.15, 0.2) is 4.52 Å². The summed E-state index contributed by atoms with van der Waals surface area (Å²) in [6.07, 6.45) is 0. The molecule has 0 aliphatic heterocycles. The van der Waals surface area contributed by atoms with Crippen LogP contribution in [0.2, 0.25) is 0 Å². The fraction of sp³-hybridized carbons (Fsp3) is 0.833. The first-order valence-electron chi connectivity index (χ1n) is 5.92. The highest BCUT2D eigenvalue weighted by molar-refractivity contribution is 5.01. The number of nitrogens with two attached hydrogens (primary N) is 1. The quantitative estimate of drug-likeness (QED) is 0.876. The molecule has 17 heavy (non-hydrogen) atoms. The lowest BCUT2D eigenvalue weighted by Gasteiger charge is -2.23. The molecule has 0 aliphatic carbocycles. The maximum atomic E-state index is 6.07. The van der Waals surface area contributed by atoms with E-state index < -0.39 is 5.60 Å². The average Bonchev–Trinajstić information content (AvgIpc) is 2.64. The first-order chi connectivity index (χ1) is 7.68. The van der Waals surface area contributed by atoms with Crippen molar-refractivity contribution in [2.45, 2.75) is 53.2 Å². The van der Waals surface area contributed by atoms with E-state index in [1.165, 1.54) is 0 Å². The maximum absolute atomic E-state index is 6.07. The van der Waals surface area contributed by atoms with Gasteiger partial charge in [-0.25, -0.2) is 0 Å². The molecule has 2 N–H and O–H groups in total. The summed E-state index contributed by atoms with van der Waals surface area (Å²) in [6.45, 7) is 12.5. The highest BCUT2D eigenvalue weighted by atomic mass is 16.5. The molecule has 1 aromatic rings. The van der Waals surface area contributed by atoms with Gasteiger partial charge in [0.15, 0.2) is 0 Å². The van der Waals surface area contributed by atoms with Gasteiger partial charge in [-0.2, -0.15) is 4.98 Å². The summed E-state index contributed by atoms with van der Waals surface area (Å²) < 4.78 is 10.8. The first kappa shape index (κ1) is 14.1. The second-order valence-electron chi connectivity index (χ2n) is 5.74. The van der Waals surface area contributed by atoms with Crippen molar-refractivity contribution in [2.75, 3.05) is 6.61 Å². The molecular weight excluding hydrogens is 218 g/mol. The molecule has 0 spiro atoms. The fourth-order valence-corrected chi connectivity index (χ4v) is 1.40. The van der Waals surface area contributed by atoms with Crippen molar-refractivity contribution in [1.82, 2.24) is 10.1 Å². The van der Waals surface area contributed by atoms with Crippen LogP contribution < -0.4 is 5.73 Å². The summed E-state index contributed by atoms with van der Waals surface area (Å²) in [6, 6.07) is -0.277. The Morgan fingerprint density at radius 3 is 2.35 bits per heavy atom. The molecule has 0 fully saturated rings. The highest BCUT2D eigenvalue weighted by Crippen LogP contribution is 2.31. The summed E-state index contributed by atoms with van der Waals surface area (Å²) in [5, 5.41) is 3.95. The highest BCUT2D eigenvalue weighted by Gasteiger charge is 2.32. The molecule has 1 heterocycles. The van der Waals surface area contributed by atoms with Gasteiger partial charge in [-0.15, -0.1) is 0 Å². The summed E-state index contributed by atoms with van der Waals surface area (Å²) in [5.74, 6) is 0.995. The lowest BCUT2D eigenvalue weighted by Crippen LogP contribution is -2.27. The molecule has 1 aromatic heterocycles. The van der Waals surface area contributed by atoms with Gasteiger partial charge in [0.1, 0.15) is 5.60 Å². The van der Waals surface area contributed by atoms with Crippen LogP contribution in [0.5, 0.6) is 0 Å². The second kappa shape index (κ2) is 4.74. The monoisotopic (exact) mass is 241 g/mol. The maximum Gasteiger partial charge on any atom is 0.244 e. The average molecular weight is 241 g/mol. The molecule has 1 rings (SSSR count). The SMILES string of the molecule is CCOC(C)(C)c1noc(C(N)C(C)(C)C)n1. The van der Waals surface area contributed by atoms with Crippen LogP contribution in [0.3, 0.4) is 0 Å². The Bertz CT molecular complexity index is 366. The zero-order valence-electron chi connectivity index (χ0n) is 11.6. The van der Waals surface area contributed by atoms with E-state index in [0.717, 1.165) is 0 Å². The van der Waals surface area contributed by atoms with Gasteiger partial charge in [0, 0.05) is 6.61 Å². The number of ether oxygens (including phenoxy) is 1. The zero-order chi connectivity index (χ0) is 13.3. The molecule has 0 aromatic carbocycles. The van der Waals surface area contributed by atoms with Crippen molar-refractivity contribution < 1.29 is 9.26 Å². The van der Waals surface area contributed by atoms with E-state index in [2.05, 4.69) is 10.1 Å². The van der Waals surface area contributed by atoms with Crippen molar-refractivity contribution in [1.29, 1.82) is 0 Å². The third-order valence-corrected chi connectivity index (χ3v) is 2.68. The number of hydrogen-bond acceptors (Lipinski definition) is 5. The fourth-order valence-electron chi connectivity index (χ4n) is 1.40. The van der Waals surface area contributed by atoms with Gasteiger partial charge in [-0.3, -0.25) is 0 Å². The first-order valence-corrected chi connectivity index (χ1v) is 5.92. The van der Waals surface area contributed by atoms with Crippen LogP contribution in [0, 0.1) is 5.41 Å². The van der Waals surface area contributed by atoms with Crippen LogP contribution in [-0.2, 0) is 10.3 Å². The number of nitrogens with zero attached hydrogens (tertiary/aromatic N) is 2. The van der Waals surface area contributed by atoms with Crippen molar-refractivity contribution >= 4 is 0 Å². The molecule has 0 bridgehead atoms. The minimum absolute atomic E-state index is 0.112. The lowest BCUT2D eigenvalue weighted by atomic mass is 9.87.